The van der Waals surface area contributed by atoms with Crippen LogP contribution in [-0.2, 0) is 5.41 Å². The van der Waals surface area contributed by atoms with Crippen LogP contribution in [0.5, 0.6) is 0 Å². The molecule has 0 aromatic heterocycles. The van der Waals surface area contributed by atoms with Crippen molar-refractivity contribution in [3.63, 3.8) is 0 Å². The van der Waals surface area contributed by atoms with Crippen molar-refractivity contribution >= 4 is 17.1 Å². The van der Waals surface area contributed by atoms with E-state index in [-0.39, 0.29) is 5.41 Å². The van der Waals surface area contributed by atoms with Crippen molar-refractivity contribution in [2.45, 2.75) is 33.1 Å². The normalized spacial score (nSPS) is 14.9. The van der Waals surface area contributed by atoms with Gasteiger partial charge in [0.15, 0.2) is 0 Å². The largest absolute Gasteiger partial charge is 0.310 e. The lowest BCUT2D eigenvalue weighted by molar-refractivity contribution is 0.632. The summed E-state index contributed by atoms with van der Waals surface area (Å²) in [7, 11) is 0. The average molecular weight is 313 g/mol. The van der Waals surface area contributed by atoms with Crippen molar-refractivity contribution in [3.8, 4) is 0 Å². The molecule has 1 nitrogen and oxygen atoms in total. The van der Waals surface area contributed by atoms with Gasteiger partial charge in [-0.2, -0.15) is 0 Å². The second kappa shape index (κ2) is 5.24. The van der Waals surface area contributed by atoms with Crippen molar-refractivity contribution in [1.29, 1.82) is 0 Å². The summed E-state index contributed by atoms with van der Waals surface area (Å²) in [4.78, 5) is 2.43. The maximum Gasteiger partial charge on any atom is 0.0502 e. The SMILES string of the molecule is Cc1ccc(C)c(N2c3ccccc3C(C)(C)c3ccccc32)c1. The lowest BCUT2D eigenvalue weighted by Gasteiger charge is -2.42. The molecule has 1 heterocycles. The Morgan fingerprint density at radius 3 is 1.79 bits per heavy atom. The molecule has 0 aliphatic carbocycles. The Balaban J connectivity index is 2.07. The Morgan fingerprint density at radius 2 is 1.21 bits per heavy atom. The lowest BCUT2D eigenvalue weighted by Crippen LogP contribution is -2.30. The minimum atomic E-state index is 0.00141. The van der Waals surface area contributed by atoms with Gasteiger partial charge in [-0.3, -0.25) is 0 Å². The maximum atomic E-state index is 2.43. The molecule has 0 atom stereocenters. The quantitative estimate of drug-likeness (QED) is 0.501. The van der Waals surface area contributed by atoms with Gasteiger partial charge in [-0.25, -0.2) is 0 Å². The van der Waals surface area contributed by atoms with Gasteiger partial charge in [-0.05, 0) is 54.3 Å². The van der Waals surface area contributed by atoms with Crippen molar-refractivity contribution in [2.75, 3.05) is 4.90 Å². The smallest absolute Gasteiger partial charge is 0.0502 e. The van der Waals surface area contributed by atoms with E-state index in [0.717, 1.165) is 0 Å². The van der Waals surface area contributed by atoms with Crippen LogP contribution < -0.4 is 4.90 Å². The molecule has 1 aliphatic heterocycles. The highest BCUT2D eigenvalue weighted by Gasteiger charge is 2.36. The molecule has 1 heteroatoms. The van der Waals surface area contributed by atoms with Gasteiger partial charge >= 0.3 is 0 Å². The molecule has 0 amide bonds. The monoisotopic (exact) mass is 313 g/mol. The molecule has 3 aromatic carbocycles. The third-order valence-electron chi connectivity index (χ3n) is 5.24. The minimum absolute atomic E-state index is 0.00141. The van der Waals surface area contributed by atoms with E-state index in [1.165, 1.54) is 39.3 Å². The van der Waals surface area contributed by atoms with E-state index in [1.807, 2.05) is 0 Å². The minimum Gasteiger partial charge on any atom is -0.310 e. The summed E-state index contributed by atoms with van der Waals surface area (Å²) < 4.78 is 0. The van der Waals surface area contributed by atoms with Crippen LogP contribution in [0.3, 0.4) is 0 Å². The average Bonchev–Trinajstić information content (AvgIpc) is 2.58. The van der Waals surface area contributed by atoms with Gasteiger partial charge < -0.3 is 4.90 Å². The first-order valence-corrected chi connectivity index (χ1v) is 8.56. The van der Waals surface area contributed by atoms with Crippen LogP contribution in [0.15, 0.2) is 66.7 Å². The lowest BCUT2D eigenvalue weighted by atomic mass is 9.73. The molecular weight excluding hydrogens is 290 g/mol. The highest BCUT2D eigenvalue weighted by molar-refractivity contribution is 5.86. The van der Waals surface area contributed by atoms with Crippen LogP contribution >= 0.6 is 0 Å². The molecule has 0 saturated heterocycles. The summed E-state index contributed by atoms with van der Waals surface area (Å²) in [5.74, 6) is 0. The van der Waals surface area contributed by atoms with E-state index < -0.39 is 0 Å². The predicted octanol–water partition coefficient (Wildman–Crippen LogP) is 6.41. The topological polar surface area (TPSA) is 3.24 Å². The van der Waals surface area contributed by atoms with Gasteiger partial charge in [-0.15, -0.1) is 0 Å². The van der Waals surface area contributed by atoms with E-state index in [2.05, 4.69) is 99.3 Å². The molecule has 24 heavy (non-hydrogen) atoms. The number of benzene rings is 3. The third kappa shape index (κ3) is 2.08. The molecule has 0 bridgehead atoms. The standard InChI is InChI=1S/C23H23N/c1-16-13-14-17(2)22(15-16)24-20-11-7-5-9-18(20)23(3,4)19-10-6-8-12-21(19)24/h5-15H,1-4H3. The first kappa shape index (κ1) is 15.0. The summed E-state index contributed by atoms with van der Waals surface area (Å²) in [5, 5.41) is 0. The highest BCUT2D eigenvalue weighted by Crippen LogP contribution is 2.52. The fraction of sp³-hybridized carbons (Fsp3) is 0.217. The van der Waals surface area contributed by atoms with Crippen LogP contribution in [0.25, 0.3) is 0 Å². The van der Waals surface area contributed by atoms with Gasteiger partial charge in [0.25, 0.3) is 0 Å². The van der Waals surface area contributed by atoms with Gasteiger partial charge in [0.1, 0.15) is 0 Å². The molecule has 0 N–H and O–H groups in total. The first-order valence-electron chi connectivity index (χ1n) is 8.56. The van der Waals surface area contributed by atoms with Crippen molar-refractivity contribution in [3.05, 3.63) is 89.0 Å². The zero-order chi connectivity index (χ0) is 16.9. The highest BCUT2D eigenvalue weighted by atomic mass is 15.2. The zero-order valence-corrected chi connectivity index (χ0v) is 14.8. The number of hydrogen-bond acceptors (Lipinski definition) is 1. The van der Waals surface area contributed by atoms with E-state index >= 15 is 0 Å². The number of hydrogen-bond donors (Lipinski definition) is 0. The third-order valence-corrected chi connectivity index (χ3v) is 5.24. The molecular formula is C23H23N. The molecule has 0 spiro atoms. The fourth-order valence-corrected chi connectivity index (χ4v) is 3.89. The van der Waals surface area contributed by atoms with Gasteiger partial charge in [0.2, 0.25) is 0 Å². The zero-order valence-electron chi connectivity index (χ0n) is 14.8. The van der Waals surface area contributed by atoms with Gasteiger partial charge in [0, 0.05) is 11.1 Å². The molecule has 4 rings (SSSR count). The Hall–Kier alpha value is -2.54. The number of nitrogens with zero attached hydrogens (tertiary/aromatic N) is 1. The Kier molecular flexibility index (Phi) is 3.28. The molecule has 0 unspecified atom stereocenters. The second-order valence-corrected chi connectivity index (χ2v) is 7.28. The summed E-state index contributed by atoms with van der Waals surface area (Å²) in [5.41, 5.74) is 9.19. The van der Waals surface area contributed by atoms with Crippen LogP contribution in [0.2, 0.25) is 0 Å². The van der Waals surface area contributed by atoms with Crippen LogP contribution in [0.1, 0.15) is 36.1 Å². The number of para-hydroxylation sites is 2. The van der Waals surface area contributed by atoms with E-state index in [1.54, 1.807) is 0 Å². The predicted molar refractivity (Wildman–Crippen MR) is 103 cm³/mol. The summed E-state index contributed by atoms with van der Waals surface area (Å²) in [6, 6.07) is 24.3. The molecule has 0 fully saturated rings. The number of aryl methyl sites for hydroxylation is 2. The number of fused-ring (bicyclic) bond motifs is 2. The van der Waals surface area contributed by atoms with Crippen molar-refractivity contribution in [1.82, 2.24) is 0 Å². The summed E-state index contributed by atoms with van der Waals surface area (Å²) in [6.07, 6.45) is 0. The Bertz CT molecular complexity index is 871. The Morgan fingerprint density at radius 1 is 0.667 bits per heavy atom. The maximum absolute atomic E-state index is 2.43. The van der Waals surface area contributed by atoms with Crippen LogP contribution in [0, 0.1) is 13.8 Å². The van der Waals surface area contributed by atoms with Crippen LogP contribution in [-0.4, -0.2) is 0 Å². The molecule has 120 valence electrons. The fourth-order valence-electron chi connectivity index (χ4n) is 3.89. The van der Waals surface area contributed by atoms with Crippen LogP contribution in [0.4, 0.5) is 17.1 Å². The van der Waals surface area contributed by atoms with E-state index in [4.69, 9.17) is 0 Å². The van der Waals surface area contributed by atoms with E-state index in [0.29, 0.717) is 0 Å². The molecule has 1 aliphatic rings. The summed E-state index contributed by atoms with van der Waals surface area (Å²) in [6.45, 7) is 9.00. The summed E-state index contributed by atoms with van der Waals surface area (Å²) >= 11 is 0. The van der Waals surface area contributed by atoms with Crippen molar-refractivity contribution in [2.24, 2.45) is 0 Å². The number of anilines is 3. The van der Waals surface area contributed by atoms with Gasteiger partial charge in [-0.1, -0.05) is 62.4 Å². The molecule has 0 saturated carbocycles. The number of rotatable bonds is 1. The molecule has 0 radical (unpaired) electrons. The van der Waals surface area contributed by atoms with Gasteiger partial charge in [0.05, 0.1) is 11.4 Å². The molecule has 3 aromatic rings. The second-order valence-electron chi connectivity index (χ2n) is 7.28. The Labute approximate surface area is 144 Å². The van der Waals surface area contributed by atoms with E-state index in [9.17, 15) is 0 Å². The first-order chi connectivity index (χ1) is 11.5. The van der Waals surface area contributed by atoms with Crippen molar-refractivity contribution < 1.29 is 0 Å².